The van der Waals surface area contributed by atoms with Crippen molar-refractivity contribution in [2.75, 3.05) is 0 Å². The van der Waals surface area contributed by atoms with Crippen molar-refractivity contribution in [2.45, 2.75) is 38.3 Å². The Hall–Kier alpha value is -2.35. The van der Waals surface area contributed by atoms with Gasteiger partial charge in [-0.15, -0.1) is 0 Å². The largest absolute Gasteiger partial charge is 0.457 e. The molecule has 0 bridgehead atoms. The van der Waals surface area contributed by atoms with Gasteiger partial charge < -0.3 is 10.1 Å². The Morgan fingerprint density at radius 1 is 1.35 bits per heavy atom. The molecule has 20 heavy (non-hydrogen) atoms. The third-order valence-electron chi connectivity index (χ3n) is 2.56. The van der Waals surface area contributed by atoms with Gasteiger partial charge in [0.2, 0.25) is 11.9 Å². The zero-order valence-corrected chi connectivity index (χ0v) is 11.8. The lowest BCUT2D eigenvalue weighted by atomic mass is 9.92. The smallest absolute Gasteiger partial charge is 0.347 e. The van der Waals surface area contributed by atoms with Crippen LogP contribution in [-0.4, -0.2) is 23.5 Å². The van der Waals surface area contributed by atoms with Crippen LogP contribution in [0.25, 0.3) is 0 Å². The van der Waals surface area contributed by atoms with Crippen LogP contribution in [0.2, 0.25) is 0 Å². The highest BCUT2D eigenvalue weighted by Gasteiger charge is 2.42. The van der Waals surface area contributed by atoms with E-state index in [1.54, 1.807) is 45.0 Å². The number of hydrogen-bond acceptors (Lipinski definition) is 4. The molecule has 0 spiro atoms. The van der Waals surface area contributed by atoms with E-state index >= 15 is 0 Å². The SMILES string of the molecule is CC(C)(C)OC(=O)C(C#N)(Cc1ccccc1)NC=O. The van der Waals surface area contributed by atoms with Crippen molar-refractivity contribution in [3.63, 3.8) is 0 Å². The summed E-state index contributed by atoms with van der Waals surface area (Å²) in [6.07, 6.45) is 0.397. The Bertz CT molecular complexity index is 514. The van der Waals surface area contributed by atoms with Crippen molar-refractivity contribution in [3.05, 3.63) is 35.9 Å². The highest BCUT2D eigenvalue weighted by atomic mass is 16.6. The van der Waals surface area contributed by atoms with Crippen LogP contribution in [0.3, 0.4) is 0 Å². The number of nitrogens with zero attached hydrogens (tertiary/aromatic N) is 1. The van der Waals surface area contributed by atoms with E-state index in [-0.39, 0.29) is 6.42 Å². The third kappa shape index (κ3) is 4.09. The summed E-state index contributed by atoms with van der Waals surface area (Å²) >= 11 is 0. The summed E-state index contributed by atoms with van der Waals surface area (Å²) in [7, 11) is 0. The maximum atomic E-state index is 12.2. The van der Waals surface area contributed by atoms with Crippen molar-refractivity contribution < 1.29 is 14.3 Å². The molecule has 1 rings (SSSR count). The third-order valence-corrected chi connectivity index (χ3v) is 2.56. The minimum atomic E-state index is -1.71. The molecule has 0 radical (unpaired) electrons. The highest BCUT2D eigenvalue weighted by Crippen LogP contribution is 2.18. The quantitative estimate of drug-likeness (QED) is 0.653. The molecular weight excluding hydrogens is 256 g/mol. The molecule has 0 aromatic heterocycles. The Morgan fingerprint density at radius 3 is 2.40 bits per heavy atom. The molecule has 1 N–H and O–H groups in total. The van der Waals surface area contributed by atoms with E-state index in [2.05, 4.69) is 5.32 Å². The Balaban J connectivity index is 3.06. The van der Waals surface area contributed by atoms with E-state index in [4.69, 9.17) is 4.74 Å². The highest BCUT2D eigenvalue weighted by molar-refractivity contribution is 5.87. The van der Waals surface area contributed by atoms with Crippen LogP contribution in [0.1, 0.15) is 26.3 Å². The first-order chi connectivity index (χ1) is 9.33. The van der Waals surface area contributed by atoms with Gasteiger partial charge in [0.25, 0.3) is 0 Å². The molecule has 0 aliphatic heterocycles. The predicted molar refractivity (Wildman–Crippen MR) is 73.5 cm³/mol. The zero-order valence-electron chi connectivity index (χ0n) is 11.8. The molecule has 0 fully saturated rings. The van der Waals surface area contributed by atoms with Gasteiger partial charge in [0.1, 0.15) is 11.7 Å². The molecule has 5 nitrogen and oxygen atoms in total. The maximum absolute atomic E-state index is 12.2. The van der Waals surface area contributed by atoms with Gasteiger partial charge >= 0.3 is 5.97 Å². The van der Waals surface area contributed by atoms with Crippen molar-refractivity contribution in [2.24, 2.45) is 0 Å². The summed E-state index contributed by atoms with van der Waals surface area (Å²) in [5.74, 6) is -0.761. The molecule has 1 aromatic rings. The number of nitrogens with one attached hydrogen (secondary N) is 1. The van der Waals surface area contributed by atoms with E-state index in [1.165, 1.54) is 0 Å². The maximum Gasteiger partial charge on any atom is 0.347 e. The molecule has 1 unspecified atom stereocenters. The normalized spacial score (nSPS) is 13.7. The molecular formula is C15H18N2O3. The minimum Gasteiger partial charge on any atom is -0.457 e. The first-order valence-electron chi connectivity index (χ1n) is 6.23. The van der Waals surface area contributed by atoms with Crippen LogP contribution in [0, 0.1) is 11.3 Å². The fourth-order valence-electron chi connectivity index (χ4n) is 1.67. The van der Waals surface area contributed by atoms with Crippen LogP contribution in [-0.2, 0) is 20.7 Å². The first-order valence-corrected chi connectivity index (χ1v) is 6.23. The van der Waals surface area contributed by atoms with Crippen LogP contribution in [0.5, 0.6) is 0 Å². The monoisotopic (exact) mass is 274 g/mol. The second-order valence-corrected chi connectivity index (χ2v) is 5.44. The van der Waals surface area contributed by atoms with E-state index < -0.39 is 17.1 Å². The molecule has 0 heterocycles. The number of benzene rings is 1. The number of amides is 1. The van der Waals surface area contributed by atoms with E-state index in [0.717, 1.165) is 5.56 Å². The van der Waals surface area contributed by atoms with Crippen molar-refractivity contribution in [1.29, 1.82) is 5.26 Å². The van der Waals surface area contributed by atoms with E-state index in [0.29, 0.717) is 6.41 Å². The van der Waals surface area contributed by atoms with Crippen molar-refractivity contribution in [1.82, 2.24) is 5.32 Å². The van der Waals surface area contributed by atoms with E-state index in [9.17, 15) is 14.9 Å². The minimum absolute atomic E-state index is 0.0536. The molecule has 0 saturated carbocycles. The lowest BCUT2D eigenvalue weighted by molar-refractivity contribution is -0.161. The summed E-state index contributed by atoms with van der Waals surface area (Å²) in [5.41, 5.74) is -1.69. The number of rotatable bonds is 5. The fraction of sp³-hybridized carbons (Fsp3) is 0.400. The van der Waals surface area contributed by atoms with Gasteiger partial charge in [-0.2, -0.15) is 5.26 Å². The van der Waals surface area contributed by atoms with Crippen molar-refractivity contribution >= 4 is 12.4 Å². The Kier molecular flexibility index (Phi) is 4.87. The van der Waals surface area contributed by atoms with Crippen LogP contribution < -0.4 is 5.32 Å². The van der Waals surface area contributed by atoms with Crippen LogP contribution in [0.15, 0.2) is 30.3 Å². The van der Waals surface area contributed by atoms with Gasteiger partial charge in [-0.1, -0.05) is 30.3 Å². The van der Waals surface area contributed by atoms with Crippen LogP contribution in [0.4, 0.5) is 0 Å². The Labute approximate surface area is 118 Å². The molecule has 1 amide bonds. The number of ether oxygens (including phenoxy) is 1. The van der Waals surface area contributed by atoms with Gasteiger partial charge in [-0.05, 0) is 26.3 Å². The molecule has 0 aliphatic rings. The van der Waals surface area contributed by atoms with Gasteiger partial charge in [-0.25, -0.2) is 4.79 Å². The van der Waals surface area contributed by atoms with E-state index in [1.807, 2.05) is 12.1 Å². The molecule has 106 valence electrons. The van der Waals surface area contributed by atoms with Gasteiger partial charge in [0, 0.05) is 6.42 Å². The molecule has 1 atom stereocenters. The number of carbonyl (C=O) groups is 2. The summed E-state index contributed by atoms with van der Waals surface area (Å²) < 4.78 is 5.24. The molecule has 0 saturated heterocycles. The fourth-order valence-corrected chi connectivity index (χ4v) is 1.67. The average Bonchev–Trinajstić information content (AvgIpc) is 2.37. The zero-order chi connectivity index (χ0) is 15.2. The molecule has 5 heteroatoms. The first kappa shape index (κ1) is 15.7. The van der Waals surface area contributed by atoms with Gasteiger partial charge in [0.15, 0.2) is 0 Å². The second kappa shape index (κ2) is 6.20. The number of nitriles is 1. The number of hydrogen-bond donors (Lipinski definition) is 1. The Morgan fingerprint density at radius 2 is 1.95 bits per heavy atom. The number of carbonyl (C=O) groups excluding carboxylic acids is 2. The predicted octanol–water partition coefficient (Wildman–Crippen LogP) is 1.58. The standard InChI is InChI=1S/C15H18N2O3/c1-14(2,3)20-13(19)15(10-16,17-11-18)9-12-7-5-4-6-8-12/h4-8,11H,9H2,1-3H3,(H,17,18). The van der Waals surface area contributed by atoms with Gasteiger partial charge in [0.05, 0.1) is 0 Å². The summed E-state index contributed by atoms with van der Waals surface area (Å²) in [6.45, 7) is 5.11. The van der Waals surface area contributed by atoms with Crippen LogP contribution >= 0.6 is 0 Å². The number of esters is 1. The summed E-state index contributed by atoms with van der Waals surface area (Å²) in [4.78, 5) is 23.0. The van der Waals surface area contributed by atoms with Gasteiger partial charge in [-0.3, -0.25) is 4.79 Å². The lowest BCUT2D eigenvalue weighted by Crippen LogP contribution is -2.54. The summed E-state index contributed by atoms with van der Waals surface area (Å²) in [6, 6.07) is 10.9. The molecule has 1 aromatic carbocycles. The lowest BCUT2D eigenvalue weighted by Gasteiger charge is -2.28. The summed E-state index contributed by atoms with van der Waals surface area (Å²) in [5, 5.41) is 11.7. The topological polar surface area (TPSA) is 79.2 Å². The van der Waals surface area contributed by atoms with Crippen molar-refractivity contribution in [3.8, 4) is 6.07 Å². The second-order valence-electron chi connectivity index (χ2n) is 5.44. The molecule has 0 aliphatic carbocycles. The average molecular weight is 274 g/mol.